The van der Waals surface area contributed by atoms with Crippen molar-refractivity contribution in [3.8, 4) is 0 Å². The van der Waals surface area contributed by atoms with Crippen LogP contribution in [0.25, 0.3) is 10.9 Å². The second kappa shape index (κ2) is 3.76. The Bertz CT molecular complexity index is 893. The van der Waals surface area contributed by atoms with Gasteiger partial charge in [0.25, 0.3) is 5.91 Å². The lowest BCUT2D eigenvalue weighted by atomic mass is 9.94. The molecule has 5 rings (SSSR count). The van der Waals surface area contributed by atoms with Crippen molar-refractivity contribution >= 4 is 16.8 Å². The van der Waals surface area contributed by atoms with Crippen LogP contribution in [0.3, 0.4) is 0 Å². The molecule has 1 N–H and O–H groups in total. The van der Waals surface area contributed by atoms with Gasteiger partial charge in [0.05, 0.1) is 6.04 Å². The van der Waals surface area contributed by atoms with Crippen LogP contribution in [0.2, 0.25) is 0 Å². The molecule has 0 saturated carbocycles. The van der Waals surface area contributed by atoms with E-state index in [1.54, 1.807) is 0 Å². The second-order valence-electron chi connectivity index (χ2n) is 5.80. The third-order valence-electron chi connectivity index (χ3n) is 4.78. The summed E-state index contributed by atoms with van der Waals surface area (Å²) < 4.78 is 0. The van der Waals surface area contributed by atoms with Crippen LogP contribution in [0.4, 0.5) is 0 Å². The van der Waals surface area contributed by atoms with Crippen molar-refractivity contribution in [1.29, 1.82) is 0 Å². The summed E-state index contributed by atoms with van der Waals surface area (Å²) in [6.45, 7) is 0.799. The molecule has 2 aromatic carbocycles. The van der Waals surface area contributed by atoms with Crippen molar-refractivity contribution in [2.45, 2.75) is 12.5 Å². The van der Waals surface area contributed by atoms with Gasteiger partial charge in [-0.15, -0.1) is 0 Å². The number of nitrogens with zero attached hydrogens (tertiary/aromatic N) is 1. The Morgan fingerprint density at radius 3 is 2.81 bits per heavy atom. The summed E-state index contributed by atoms with van der Waals surface area (Å²) in [5.74, 6) is 0.167. The van der Waals surface area contributed by atoms with Gasteiger partial charge in [0.15, 0.2) is 0 Å². The van der Waals surface area contributed by atoms with Crippen molar-refractivity contribution in [3.05, 3.63) is 70.9 Å². The van der Waals surface area contributed by atoms with Crippen LogP contribution in [0.15, 0.2) is 48.5 Å². The number of hydrogen-bond donors (Lipinski definition) is 1. The maximum atomic E-state index is 12.6. The molecule has 1 atom stereocenters. The molecule has 102 valence electrons. The van der Waals surface area contributed by atoms with Crippen LogP contribution in [-0.4, -0.2) is 22.3 Å². The first-order valence-corrected chi connectivity index (χ1v) is 7.34. The van der Waals surface area contributed by atoms with Gasteiger partial charge in [-0.05, 0) is 29.7 Å². The van der Waals surface area contributed by atoms with Gasteiger partial charge in [-0.25, -0.2) is 0 Å². The molecule has 0 spiro atoms. The first-order valence-electron chi connectivity index (χ1n) is 7.34. The molecule has 0 fully saturated rings. The van der Waals surface area contributed by atoms with Crippen molar-refractivity contribution in [2.24, 2.45) is 0 Å². The van der Waals surface area contributed by atoms with Gasteiger partial charge >= 0.3 is 0 Å². The number of hydrogen-bond acceptors (Lipinski definition) is 1. The third kappa shape index (κ3) is 1.31. The highest BCUT2D eigenvalue weighted by Gasteiger charge is 2.41. The minimum atomic E-state index is 0.0600. The first-order chi connectivity index (χ1) is 10.3. The summed E-state index contributed by atoms with van der Waals surface area (Å²) in [4.78, 5) is 18.1. The molecule has 3 heterocycles. The number of fused-ring (bicyclic) bond motifs is 7. The van der Waals surface area contributed by atoms with Crippen LogP contribution < -0.4 is 0 Å². The first kappa shape index (κ1) is 11.1. The van der Waals surface area contributed by atoms with Crippen LogP contribution in [-0.2, 0) is 6.42 Å². The molecule has 3 nitrogen and oxygen atoms in total. The van der Waals surface area contributed by atoms with Gasteiger partial charge in [-0.1, -0.05) is 36.4 Å². The van der Waals surface area contributed by atoms with E-state index >= 15 is 0 Å². The molecule has 2 aliphatic heterocycles. The molecule has 21 heavy (non-hydrogen) atoms. The Balaban J connectivity index is 1.81. The molecule has 0 unspecified atom stereocenters. The third-order valence-corrected chi connectivity index (χ3v) is 4.78. The second-order valence-corrected chi connectivity index (χ2v) is 5.80. The lowest BCUT2D eigenvalue weighted by Gasteiger charge is -2.30. The number of aromatic amines is 1. The summed E-state index contributed by atoms with van der Waals surface area (Å²) in [5, 5.41) is 1.30. The Morgan fingerprint density at radius 1 is 1.05 bits per heavy atom. The standard InChI is InChI=1S/C18H14N2O/c21-18-14-7-2-1-6-13(14)17-16-12(9-10-20(17)18)11-5-3-4-8-15(11)19-16/h1-8,17,19H,9-10H2/t17-/m0/s1. The number of rotatable bonds is 0. The topological polar surface area (TPSA) is 36.1 Å². The molecular formula is C18H14N2O. The number of carbonyl (C=O) groups excluding carboxylic acids is 1. The zero-order valence-electron chi connectivity index (χ0n) is 11.5. The van der Waals surface area contributed by atoms with Gasteiger partial charge < -0.3 is 9.88 Å². The number of benzene rings is 2. The van der Waals surface area contributed by atoms with E-state index in [0.29, 0.717) is 0 Å². The largest absolute Gasteiger partial charge is 0.356 e. The van der Waals surface area contributed by atoms with E-state index in [-0.39, 0.29) is 11.9 Å². The normalized spacial score (nSPS) is 19.5. The number of para-hydroxylation sites is 1. The van der Waals surface area contributed by atoms with Crippen molar-refractivity contribution < 1.29 is 4.79 Å². The van der Waals surface area contributed by atoms with E-state index in [0.717, 1.165) is 24.1 Å². The summed E-state index contributed by atoms with van der Waals surface area (Å²) in [6, 6.07) is 16.5. The summed E-state index contributed by atoms with van der Waals surface area (Å²) in [5.41, 5.74) is 5.72. The van der Waals surface area contributed by atoms with E-state index in [9.17, 15) is 4.79 Å². The summed E-state index contributed by atoms with van der Waals surface area (Å²) >= 11 is 0. The fourth-order valence-corrected chi connectivity index (χ4v) is 3.87. The van der Waals surface area contributed by atoms with Crippen molar-refractivity contribution in [1.82, 2.24) is 9.88 Å². The fourth-order valence-electron chi connectivity index (χ4n) is 3.87. The quantitative estimate of drug-likeness (QED) is 0.671. The van der Waals surface area contributed by atoms with Gasteiger partial charge in [0.1, 0.15) is 0 Å². The van der Waals surface area contributed by atoms with E-state index in [4.69, 9.17) is 0 Å². The molecule has 0 aliphatic carbocycles. The Labute approximate surface area is 122 Å². The Kier molecular flexibility index (Phi) is 1.99. The predicted molar refractivity (Wildman–Crippen MR) is 81.3 cm³/mol. The van der Waals surface area contributed by atoms with Gasteiger partial charge in [0, 0.05) is 28.7 Å². The van der Waals surface area contributed by atoms with Gasteiger partial charge in [0.2, 0.25) is 0 Å². The van der Waals surface area contributed by atoms with E-state index in [1.807, 2.05) is 23.1 Å². The lowest BCUT2D eigenvalue weighted by molar-refractivity contribution is 0.0738. The fraction of sp³-hybridized carbons (Fsp3) is 0.167. The molecule has 1 aromatic heterocycles. The van der Waals surface area contributed by atoms with Crippen LogP contribution in [0.1, 0.15) is 33.2 Å². The smallest absolute Gasteiger partial charge is 0.255 e. The number of aromatic nitrogens is 1. The predicted octanol–water partition coefficient (Wildman–Crippen LogP) is 3.27. The Hall–Kier alpha value is -2.55. The Morgan fingerprint density at radius 2 is 1.86 bits per heavy atom. The highest BCUT2D eigenvalue weighted by molar-refractivity contribution is 6.00. The lowest BCUT2D eigenvalue weighted by Crippen LogP contribution is -2.34. The van der Waals surface area contributed by atoms with Crippen LogP contribution in [0.5, 0.6) is 0 Å². The maximum absolute atomic E-state index is 12.6. The minimum absolute atomic E-state index is 0.0600. The molecule has 1 amide bonds. The summed E-state index contributed by atoms with van der Waals surface area (Å²) in [7, 11) is 0. The molecular weight excluding hydrogens is 260 g/mol. The minimum Gasteiger partial charge on any atom is -0.356 e. The number of H-pyrrole nitrogens is 1. The zero-order chi connectivity index (χ0) is 14.0. The highest BCUT2D eigenvalue weighted by Crippen LogP contribution is 2.43. The zero-order valence-corrected chi connectivity index (χ0v) is 11.5. The van der Waals surface area contributed by atoms with Gasteiger partial charge in [-0.3, -0.25) is 4.79 Å². The molecule has 3 aromatic rings. The monoisotopic (exact) mass is 274 g/mol. The number of amides is 1. The van der Waals surface area contributed by atoms with Crippen molar-refractivity contribution in [2.75, 3.05) is 6.54 Å². The number of carbonyl (C=O) groups is 1. The van der Waals surface area contributed by atoms with Gasteiger partial charge in [-0.2, -0.15) is 0 Å². The van der Waals surface area contributed by atoms with E-state index in [1.165, 1.54) is 22.2 Å². The molecule has 0 saturated heterocycles. The highest BCUT2D eigenvalue weighted by atomic mass is 16.2. The van der Waals surface area contributed by atoms with Crippen LogP contribution in [0, 0.1) is 0 Å². The maximum Gasteiger partial charge on any atom is 0.255 e. The number of nitrogens with one attached hydrogen (secondary N) is 1. The van der Waals surface area contributed by atoms with E-state index < -0.39 is 0 Å². The average molecular weight is 274 g/mol. The molecule has 3 heteroatoms. The molecule has 0 bridgehead atoms. The van der Waals surface area contributed by atoms with Crippen LogP contribution >= 0.6 is 0 Å². The molecule has 2 aliphatic rings. The average Bonchev–Trinajstić information content (AvgIpc) is 3.04. The molecule has 0 radical (unpaired) electrons. The SMILES string of the molecule is O=C1c2ccccc2[C@H]2c3[nH]c4ccccc4c3CCN12. The van der Waals surface area contributed by atoms with Crippen molar-refractivity contribution in [3.63, 3.8) is 0 Å². The summed E-state index contributed by atoms with van der Waals surface area (Å²) in [6.07, 6.45) is 0.926. The van der Waals surface area contributed by atoms with E-state index in [2.05, 4.69) is 35.3 Å².